The summed E-state index contributed by atoms with van der Waals surface area (Å²) in [7, 11) is 0. The van der Waals surface area contributed by atoms with Gasteiger partial charge in [-0.25, -0.2) is 0 Å². The molecule has 0 aliphatic carbocycles. The number of thiocarbonyl (C=S) groups is 2. The molecule has 0 spiro atoms. The van der Waals surface area contributed by atoms with Gasteiger partial charge >= 0.3 is 49.7 Å². The summed E-state index contributed by atoms with van der Waals surface area (Å²) in [5.41, 5.74) is 0. The zero-order valence-electron chi connectivity index (χ0n) is 11.5. The number of nitrogens with one attached hydrogen (secondary N) is 2. The number of carboxylic acid groups (broad SMARTS) is 2. The Balaban J connectivity index is -0.000000116. The predicted molar refractivity (Wildman–Crippen MR) is 80.4 cm³/mol. The Bertz CT molecular complexity index is 314. The molecule has 0 fully saturated rings. The van der Waals surface area contributed by atoms with Crippen LogP contribution in [0, 0.1) is 0 Å². The van der Waals surface area contributed by atoms with Crippen LogP contribution in [0.15, 0.2) is 0 Å². The van der Waals surface area contributed by atoms with Crippen LogP contribution in [-0.4, -0.2) is 42.9 Å². The van der Waals surface area contributed by atoms with Crippen LogP contribution in [0.3, 0.4) is 0 Å². The second kappa shape index (κ2) is 15.7. The van der Waals surface area contributed by atoms with Crippen LogP contribution in [0.25, 0.3) is 0 Å². The molecule has 12 heteroatoms. The van der Waals surface area contributed by atoms with Crippen LogP contribution in [-0.2, 0) is 34.8 Å². The van der Waals surface area contributed by atoms with Gasteiger partial charge in [0.2, 0.25) is 0 Å². The fourth-order valence-electron chi connectivity index (χ4n) is 0.477. The fraction of sp³-hybridized carbons (Fsp3) is 0.500. The Hall–Kier alpha value is 0.355. The molecule has 0 saturated carbocycles. The van der Waals surface area contributed by atoms with Gasteiger partial charge in [0.25, 0.3) is 0 Å². The van der Waals surface area contributed by atoms with Gasteiger partial charge in [-0.05, 0) is 13.8 Å². The number of hydrogen-bond acceptors (Lipinski definition) is 6. The molecule has 0 amide bonds. The van der Waals surface area contributed by atoms with Crippen molar-refractivity contribution in [2.45, 2.75) is 25.9 Å². The van der Waals surface area contributed by atoms with Crippen LogP contribution in [0.5, 0.6) is 0 Å². The minimum atomic E-state index is -0.956. The zero-order valence-corrected chi connectivity index (χ0v) is 14.8. The smallest absolute Gasteiger partial charge is 0.480 e. The van der Waals surface area contributed by atoms with Gasteiger partial charge in [-0.1, -0.05) is 8.64 Å². The van der Waals surface area contributed by atoms with Crippen molar-refractivity contribution in [1.82, 2.24) is 10.6 Å². The number of carbonyl (C=O) groups is 2. The van der Waals surface area contributed by atoms with Gasteiger partial charge < -0.3 is 70.5 Å². The average molecular weight is 342 g/mol. The van der Waals surface area contributed by atoms with E-state index in [-0.39, 0.29) is 46.4 Å². The molecule has 6 nitrogen and oxygen atoms in total. The van der Waals surface area contributed by atoms with Gasteiger partial charge in [-0.2, -0.15) is 0 Å². The molecule has 20 heavy (non-hydrogen) atoms. The molecule has 0 radical (unpaired) electrons. The van der Waals surface area contributed by atoms with Crippen molar-refractivity contribution in [3.05, 3.63) is 0 Å². The van der Waals surface area contributed by atoms with E-state index in [1.54, 1.807) is 0 Å². The number of carboxylic acids is 2. The largest absolute Gasteiger partial charge is 1.00 e. The Labute approximate surface area is 163 Å². The van der Waals surface area contributed by atoms with E-state index in [0.29, 0.717) is 0 Å². The Morgan fingerprint density at radius 1 is 0.900 bits per heavy atom. The van der Waals surface area contributed by atoms with Crippen LogP contribution in [0.1, 0.15) is 13.8 Å². The summed E-state index contributed by atoms with van der Waals surface area (Å²) in [4.78, 5) is 20.1. The van der Waals surface area contributed by atoms with Gasteiger partial charge in [-0.3, -0.25) is 9.59 Å². The molecule has 0 aliphatic rings. The summed E-state index contributed by atoms with van der Waals surface area (Å²) in [5, 5.41) is 21.3. The maximum Gasteiger partial charge on any atom is 1.00 e. The third-order valence-corrected chi connectivity index (χ3v) is 1.88. The first-order valence-electron chi connectivity index (χ1n) is 4.48. The molecule has 0 rings (SSSR count). The molecule has 4 N–H and O–H groups in total. The van der Waals surface area contributed by atoms with Crippen molar-refractivity contribution in [2.24, 2.45) is 0 Å². The zero-order chi connectivity index (χ0) is 14.9. The van der Waals surface area contributed by atoms with Gasteiger partial charge in [0.15, 0.2) is 0 Å². The Morgan fingerprint density at radius 2 is 1.10 bits per heavy atom. The van der Waals surface area contributed by atoms with E-state index in [2.05, 4.69) is 60.3 Å². The first-order chi connectivity index (χ1) is 8.07. The van der Waals surface area contributed by atoms with Gasteiger partial charge in [0.1, 0.15) is 12.1 Å². The van der Waals surface area contributed by atoms with Crippen molar-refractivity contribution in [1.29, 1.82) is 0 Å². The van der Waals surface area contributed by atoms with Crippen LogP contribution >= 0.6 is 24.4 Å². The summed E-state index contributed by atoms with van der Waals surface area (Å²) < 4.78 is 0.176. The van der Waals surface area contributed by atoms with E-state index in [4.69, 9.17) is 10.2 Å². The first kappa shape index (κ1) is 28.5. The molecule has 0 aromatic carbocycles. The van der Waals surface area contributed by atoms with E-state index < -0.39 is 24.0 Å². The molecule has 0 heterocycles. The van der Waals surface area contributed by atoms with Gasteiger partial charge in [0.05, 0.1) is 0 Å². The summed E-state index contributed by atoms with van der Waals surface area (Å²) in [6, 6.07) is -1.37. The topological polar surface area (TPSA) is 98.7 Å². The molecule has 0 aliphatic heterocycles. The maximum absolute atomic E-state index is 10.1. The minimum Gasteiger partial charge on any atom is -0.480 e. The van der Waals surface area contributed by atoms with Crippen molar-refractivity contribution >= 4 is 70.3 Å². The second-order valence-corrected chi connectivity index (χ2v) is 5.13. The molecule has 0 bridgehead atoms. The average Bonchev–Trinajstić information content (AvgIpc) is 2.16. The van der Waals surface area contributed by atoms with E-state index in [1.165, 1.54) is 13.8 Å². The summed E-state index contributed by atoms with van der Waals surface area (Å²) in [6.45, 7) is 2.95. The van der Waals surface area contributed by atoms with Crippen LogP contribution in [0.4, 0.5) is 0 Å². The molecule has 2 atom stereocenters. The maximum atomic E-state index is 10.1. The molecular weight excluding hydrogens is 330 g/mol. The number of aliphatic carboxylic acids is 2. The van der Waals surface area contributed by atoms with E-state index in [0.717, 1.165) is 0 Å². The Morgan fingerprint density at radius 3 is 1.15 bits per heavy atom. The van der Waals surface area contributed by atoms with E-state index >= 15 is 0 Å². The van der Waals surface area contributed by atoms with E-state index in [9.17, 15) is 9.59 Å². The van der Waals surface area contributed by atoms with Crippen molar-refractivity contribution in [3.8, 4) is 0 Å². The summed E-state index contributed by atoms with van der Waals surface area (Å²) >= 11 is 17.7. The van der Waals surface area contributed by atoms with Gasteiger partial charge in [0, 0.05) is 0 Å². The van der Waals surface area contributed by atoms with E-state index in [1.807, 2.05) is 0 Å². The molecule has 0 aromatic heterocycles. The number of hydrogen-bond donors (Lipinski definition) is 4. The number of rotatable bonds is 4. The minimum absolute atomic E-state index is 0. The molecule has 104 valence electrons. The summed E-state index contributed by atoms with van der Waals surface area (Å²) in [5.74, 6) is -1.91. The predicted octanol–water partition coefficient (Wildman–Crippen LogP) is -6.23. The van der Waals surface area contributed by atoms with Gasteiger partial charge in [-0.15, -0.1) is 0 Å². The fourth-order valence-corrected chi connectivity index (χ4v) is 1.18. The van der Waals surface area contributed by atoms with Crippen LogP contribution < -0.4 is 48.4 Å². The third-order valence-electron chi connectivity index (χ3n) is 1.41. The van der Waals surface area contributed by atoms with Crippen LogP contribution in [0.2, 0.25) is 0 Å². The Kier molecular flexibility index (Phi) is 22.4. The standard InChI is InChI=1S/2C4H7NO2S2.2Li/c2*1-2(3(6)7)5-4(8)9;;/h2*2H,1H3,(H,6,7)(H2,5,8,9);;/q;;2*+1/p-2. The van der Waals surface area contributed by atoms with Crippen molar-refractivity contribution < 1.29 is 57.5 Å². The quantitative estimate of drug-likeness (QED) is 0.224. The second-order valence-electron chi connectivity index (χ2n) is 2.98. The molecular formula is C8H12Li2N2O4S4. The van der Waals surface area contributed by atoms with Crippen molar-refractivity contribution in [2.75, 3.05) is 0 Å². The van der Waals surface area contributed by atoms with Crippen molar-refractivity contribution in [3.63, 3.8) is 0 Å². The molecule has 0 saturated heterocycles. The SMILES string of the molecule is CC(NC(=S)[S-])C(=O)O.CC(NC(=S)[S-])C(=O)O.[Li+].[Li+]. The third kappa shape index (κ3) is 20.7. The molecule has 0 aromatic rings. The first-order valence-corrected chi connectivity index (χ1v) is 6.11. The summed E-state index contributed by atoms with van der Waals surface area (Å²) in [6.07, 6.45) is 0. The monoisotopic (exact) mass is 342 g/mol. The molecule has 2 unspecified atom stereocenters. The normalized spacial score (nSPS) is 10.9.